The van der Waals surface area contributed by atoms with Crippen LogP contribution in [0.4, 0.5) is 4.39 Å². The number of ether oxygens (including phenoxy) is 1. The highest BCUT2D eigenvalue weighted by atomic mass is 79.9. The van der Waals surface area contributed by atoms with Crippen molar-refractivity contribution in [1.29, 1.82) is 0 Å². The molecule has 2 heterocycles. The minimum absolute atomic E-state index is 0.0246. The molecule has 0 spiro atoms. The van der Waals surface area contributed by atoms with Crippen molar-refractivity contribution in [2.45, 2.75) is 6.10 Å². The molecule has 1 aliphatic rings. The highest BCUT2D eigenvalue weighted by Gasteiger charge is 2.34. The van der Waals surface area contributed by atoms with Gasteiger partial charge in [0.15, 0.2) is 0 Å². The van der Waals surface area contributed by atoms with Crippen molar-refractivity contribution >= 4 is 27.7 Å². The van der Waals surface area contributed by atoms with E-state index in [2.05, 4.69) is 20.9 Å². The maximum Gasteiger partial charge on any atom is 0.267 e. The van der Waals surface area contributed by atoms with E-state index >= 15 is 0 Å². The van der Waals surface area contributed by atoms with Gasteiger partial charge in [-0.25, -0.2) is 4.39 Å². The topological polar surface area (TPSA) is 85.5 Å². The predicted molar refractivity (Wildman–Crippen MR) is 87.2 cm³/mol. The van der Waals surface area contributed by atoms with E-state index in [1.807, 2.05) is 0 Å². The van der Waals surface area contributed by atoms with Crippen LogP contribution in [0.2, 0.25) is 0 Å². The summed E-state index contributed by atoms with van der Waals surface area (Å²) in [6.07, 6.45) is 1.20. The highest BCUT2D eigenvalue weighted by molar-refractivity contribution is 9.10. The van der Waals surface area contributed by atoms with Gasteiger partial charge >= 0.3 is 0 Å². The molecule has 1 aliphatic heterocycles. The molecule has 24 heavy (non-hydrogen) atoms. The van der Waals surface area contributed by atoms with Gasteiger partial charge in [-0.15, -0.1) is 0 Å². The molecule has 0 bridgehead atoms. The third-order valence-corrected chi connectivity index (χ3v) is 4.08. The molecule has 2 N–H and O–H groups in total. The third kappa shape index (κ3) is 3.38. The summed E-state index contributed by atoms with van der Waals surface area (Å²) in [6.45, 7) is 0.672. The number of hydrogen-bond donors (Lipinski definition) is 1. The Labute approximate surface area is 145 Å². The van der Waals surface area contributed by atoms with Gasteiger partial charge in [0.05, 0.1) is 18.7 Å². The Morgan fingerprint density at radius 3 is 2.71 bits per heavy atom. The molecule has 0 unspecified atom stereocenters. The van der Waals surface area contributed by atoms with Gasteiger partial charge in [0.1, 0.15) is 23.4 Å². The van der Waals surface area contributed by atoms with Crippen LogP contribution in [0.25, 0.3) is 0 Å². The van der Waals surface area contributed by atoms with Gasteiger partial charge in [0.2, 0.25) is 0 Å². The fourth-order valence-corrected chi connectivity index (χ4v) is 2.66. The van der Waals surface area contributed by atoms with E-state index < -0.39 is 11.7 Å². The molecular formula is C16H13BrFN3O3. The highest BCUT2D eigenvalue weighted by Crippen LogP contribution is 2.22. The molecule has 124 valence electrons. The number of rotatable bonds is 4. The maximum absolute atomic E-state index is 13.8. The van der Waals surface area contributed by atoms with Crippen molar-refractivity contribution in [3.05, 3.63) is 58.1 Å². The smallest absolute Gasteiger partial charge is 0.267 e. The number of benzene rings is 1. The Bertz CT molecular complexity index is 809. The van der Waals surface area contributed by atoms with Crippen LogP contribution < -0.4 is 10.5 Å². The molecule has 0 saturated carbocycles. The second kappa shape index (κ2) is 6.56. The number of carbonyl (C=O) groups excluding carboxylic acids is 2. The third-order valence-electron chi connectivity index (χ3n) is 3.58. The summed E-state index contributed by atoms with van der Waals surface area (Å²) >= 11 is 3.15. The van der Waals surface area contributed by atoms with E-state index in [9.17, 15) is 14.0 Å². The summed E-state index contributed by atoms with van der Waals surface area (Å²) in [5.74, 6) is -1.14. The Hall–Kier alpha value is -2.48. The molecule has 0 aliphatic carbocycles. The zero-order valence-electron chi connectivity index (χ0n) is 12.4. The Morgan fingerprint density at radius 2 is 2.04 bits per heavy atom. The van der Waals surface area contributed by atoms with Gasteiger partial charge in [0.25, 0.3) is 11.8 Å². The number of hydrogen-bond acceptors (Lipinski definition) is 4. The van der Waals surface area contributed by atoms with Crippen LogP contribution in [-0.2, 0) is 0 Å². The van der Waals surface area contributed by atoms with E-state index in [0.717, 1.165) is 0 Å². The number of halogens is 2. The Balaban J connectivity index is 1.60. The van der Waals surface area contributed by atoms with Crippen LogP contribution in [0.5, 0.6) is 5.75 Å². The molecule has 1 fully saturated rings. The number of aromatic nitrogens is 1. The number of nitrogens with two attached hydrogens (primary N) is 1. The lowest BCUT2D eigenvalue weighted by molar-refractivity contribution is 0.0174. The summed E-state index contributed by atoms with van der Waals surface area (Å²) < 4.78 is 20.1. The van der Waals surface area contributed by atoms with E-state index in [1.165, 1.54) is 29.3 Å². The van der Waals surface area contributed by atoms with Crippen LogP contribution in [0, 0.1) is 5.82 Å². The van der Waals surface area contributed by atoms with Gasteiger partial charge in [0, 0.05) is 16.7 Å². The molecule has 2 amide bonds. The second-order valence-electron chi connectivity index (χ2n) is 5.32. The molecule has 1 aromatic heterocycles. The summed E-state index contributed by atoms with van der Waals surface area (Å²) in [4.78, 5) is 28.7. The van der Waals surface area contributed by atoms with Gasteiger partial charge < -0.3 is 15.4 Å². The summed E-state index contributed by atoms with van der Waals surface area (Å²) in [5.41, 5.74) is 5.29. The van der Waals surface area contributed by atoms with Crippen LogP contribution in [0.1, 0.15) is 20.8 Å². The summed E-state index contributed by atoms with van der Waals surface area (Å²) in [7, 11) is 0. The first-order chi connectivity index (χ1) is 11.4. The van der Waals surface area contributed by atoms with Crippen LogP contribution in [0.15, 0.2) is 41.0 Å². The average Bonchev–Trinajstić information content (AvgIpc) is 2.50. The van der Waals surface area contributed by atoms with Crippen molar-refractivity contribution in [2.75, 3.05) is 13.1 Å². The lowest BCUT2D eigenvalue weighted by atomic mass is 10.1. The van der Waals surface area contributed by atoms with E-state index in [4.69, 9.17) is 10.5 Å². The largest absolute Gasteiger partial charge is 0.487 e. The normalized spacial score (nSPS) is 14.2. The number of carbonyl (C=O) groups is 2. The molecule has 2 aromatic rings. The molecule has 0 radical (unpaired) electrons. The van der Waals surface area contributed by atoms with Gasteiger partial charge in [-0.2, -0.15) is 0 Å². The number of primary amides is 1. The second-order valence-corrected chi connectivity index (χ2v) is 6.23. The first kappa shape index (κ1) is 16.4. The number of pyridine rings is 1. The van der Waals surface area contributed by atoms with Crippen molar-refractivity contribution in [2.24, 2.45) is 5.73 Å². The number of amides is 2. The number of likely N-dealkylation sites (tertiary alicyclic amines) is 1. The number of nitrogens with zero attached hydrogens (tertiary/aromatic N) is 2. The standard InChI is InChI=1S/C16H13BrFN3O3/c17-9-1-2-12(13(18)5-9)16(23)21-7-11(8-21)24-10-3-4-20-14(6-10)15(19)22/h1-6,11H,7-8H2,(H2,19,22). The molecule has 6 nitrogen and oxygen atoms in total. The summed E-state index contributed by atoms with van der Waals surface area (Å²) in [5, 5.41) is 0. The SMILES string of the molecule is NC(=O)c1cc(OC2CN(C(=O)c3ccc(Br)cc3F)C2)ccn1. The minimum Gasteiger partial charge on any atom is -0.487 e. The van der Waals surface area contributed by atoms with Crippen molar-refractivity contribution < 1.29 is 18.7 Å². The zero-order valence-corrected chi connectivity index (χ0v) is 14.0. The Kier molecular flexibility index (Phi) is 4.48. The minimum atomic E-state index is -0.642. The molecule has 1 aromatic carbocycles. The lowest BCUT2D eigenvalue weighted by Crippen LogP contribution is -2.56. The van der Waals surface area contributed by atoms with E-state index in [0.29, 0.717) is 23.3 Å². The Morgan fingerprint density at radius 1 is 1.29 bits per heavy atom. The van der Waals surface area contributed by atoms with Crippen molar-refractivity contribution in [1.82, 2.24) is 9.88 Å². The fraction of sp³-hybridized carbons (Fsp3) is 0.188. The van der Waals surface area contributed by atoms with Gasteiger partial charge in [-0.1, -0.05) is 15.9 Å². The van der Waals surface area contributed by atoms with Crippen LogP contribution >= 0.6 is 15.9 Å². The van der Waals surface area contributed by atoms with Crippen molar-refractivity contribution in [3.8, 4) is 5.75 Å². The average molecular weight is 394 g/mol. The molecule has 1 saturated heterocycles. The molecule has 3 rings (SSSR count). The van der Waals surface area contributed by atoms with Gasteiger partial charge in [-0.05, 0) is 24.3 Å². The first-order valence-corrected chi connectivity index (χ1v) is 7.90. The van der Waals surface area contributed by atoms with Crippen molar-refractivity contribution in [3.63, 3.8) is 0 Å². The fourth-order valence-electron chi connectivity index (χ4n) is 2.32. The van der Waals surface area contributed by atoms with Crippen LogP contribution in [-0.4, -0.2) is 40.9 Å². The van der Waals surface area contributed by atoms with Gasteiger partial charge in [-0.3, -0.25) is 14.6 Å². The predicted octanol–water partition coefficient (Wildman–Crippen LogP) is 1.99. The quantitative estimate of drug-likeness (QED) is 0.860. The first-order valence-electron chi connectivity index (χ1n) is 7.11. The maximum atomic E-state index is 13.8. The van der Waals surface area contributed by atoms with Crippen LogP contribution in [0.3, 0.4) is 0 Å². The monoisotopic (exact) mass is 393 g/mol. The summed E-state index contributed by atoms with van der Waals surface area (Å²) in [6, 6.07) is 7.36. The lowest BCUT2D eigenvalue weighted by Gasteiger charge is -2.39. The van der Waals surface area contributed by atoms with E-state index in [1.54, 1.807) is 12.1 Å². The zero-order chi connectivity index (χ0) is 17.3. The molecular weight excluding hydrogens is 381 g/mol. The molecule has 0 atom stereocenters. The van der Waals surface area contributed by atoms with E-state index in [-0.39, 0.29) is 23.3 Å². The molecule has 8 heteroatoms.